The maximum absolute atomic E-state index is 2.33. The topological polar surface area (TPSA) is 0 Å². The summed E-state index contributed by atoms with van der Waals surface area (Å²) in [5, 5.41) is 7.93. The second-order valence-electron chi connectivity index (χ2n) is 5.07. The van der Waals surface area contributed by atoms with Crippen LogP contribution in [-0.2, 0) is 0 Å². The van der Waals surface area contributed by atoms with Crippen LogP contribution in [0.5, 0.6) is 0 Å². The summed E-state index contributed by atoms with van der Waals surface area (Å²) < 4.78 is 0. The van der Waals surface area contributed by atoms with Gasteiger partial charge in [0.2, 0.25) is 0 Å². The van der Waals surface area contributed by atoms with Gasteiger partial charge in [0.15, 0.2) is 0 Å². The van der Waals surface area contributed by atoms with Crippen LogP contribution in [0.25, 0.3) is 32.3 Å². The molecule has 0 atom stereocenters. The first-order chi connectivity index (χ1) is 9.85. The van der Waals surface area contributed by atoms with Gasteiger partial charge in [0.05, 0.1) is 0 Å². The SMILES string of the molecule is CSc1ccc2cc3ccc4ccccc4c3cc2c1. The van der Waals surface area contributed by atoms with Crippen molar-refractivity contribution in [3.8, 4) is 0 Å². The highest BCUT2D eigenvalue weighted by molar-refractivity contribution is 7.98. The molecule has 1 heteroatoms. The average molecular weight is 274 g/mol. The molecule has 0 aliphatic rings. The summed E-state index contributed by atoms with van der Waals surface area (Å²) >= 11 is 1.79. The number of hydrogen-bond acceptors (Lipinski definition) is 1. The quantitative estimate of drug-likeness (QED) is 0.238. The molecule has 0 aromatic heterocycles. The van der Waals surface area contributed by atoms with E-state index in [1.165, 1.54) is 37.2 Å². The van der Waals surface area contributed by atoms with E-state index < -0.39 is 0 Å². The summed E-state index contributed by atoms with van der Waals surface area (Å²) in [6, 6.07) is 24.3. The lowest BCUT2D eigenvalue weighted by Gasteiger charge is -2.07. The third-order valence-corrected chi connectivity index (χ3v) is 4.63. The fraction of sp³-hybridized carbons (Fsp3) is 0.0526. The van der Waals surface area contributed by atoms with Crippen molar-refractivity contribution in [1.82, 2.24) is 0 Å². The van der Waals surface area contributed by atoms with Crippen molar-refractivity contribution in [2.45, 2.75) is 4.90 Å². The molecule has 0 bridgehead atoms. The molecule has 0 aliphatic carbocycles. The van der Waals surface area contributed by atoms with Crippen LogP contribution in [0, 0.1) is 0 Å². The van der Waals surface area contributed by atoms with Crippen LogP contribution >= 0.6 is 11.8 Å². The van der Waals surface area contributed by atoms with Gasteiger partial charge >= 0.3 is 0 Å². The minimum absolute atomic E-state index is 1.31. The fourth-order valence-corrected chi connectivity index (χ4v) is 3.31. The van der Waals surface area contributed by atoms with Crippen molar-refractivity contribution in [3.05, 3.63) is 66.7 Å². The lowest BCUT2D eigenvalue weighted by Crippen LogP contribution is -1.80. The van der Waals surface area contributed by atoms with E-state index >= 15 is 0 Å². The molecule has 0 fully saturated rings. The number of rotatable bonds is 1. The second-order valence-corrected chi connectivity index (χ2v) is 5.95. The smallest absolute Gasteiger partial charge is 0.00755 e. The Morgan fingerprint density at radius 2 is 1.40 bits per heavy atom. The minimum atomic E-state index is 1.31. The van der Waals surface area contributed by atoms with Gasteiger partial charge in [0.1, 0.15) is 0 Å². The summed E-state index contributed by atoms with van der Waals surface area (Å²) in [7, 11) is 0. The third kappa shape index (κ3) is 1.78. The monoisotopic (exact) mass is 274 g/mol. The molecule has 0 heterocycles. The van der Waals surface area contributed by atoms with E-state index in [2.05, 4.69) is 73.0 Å². The average Bonchev–Trinajstić information content (AvgIpc) is 2.52. The number of fused-ring (bicyclic) bond motifs is 4. The first-order valence-electron chi connectivity index (χ1n) is 6.74. The molecule has 0 aliphatic heterocycles. The van der Waals surface area contributed by atoms with Gasteiger partial charge in [0, 0.05) is 4.90 Å². The maximum Gasteiger partial charge on any atom is 0.00755 e. The molecule has 0 radical (unpaired) electrons. The Morgan fingerprint density at radius 3 is 2.30 bits per heavy atom. The van der Waals surface area contributed by atoms with Crippen LogP contribution in [0.15, 0.2) is 71.6 Å². The molecule has 0 saturated carbocycles. The maximum atomic E-state index is 2.33. The summed E-state index contributed by atoms with van der Waals surface area (Å²) in [4.78, 5) is 1.32. The second kappa shape index (κ2) is 4.53. The lowest BCUT2D eigenvalue weighted by atomic mass is 9.98. The van der Waals surface area contributed by atoms with Crippen LogP contribution < -0.4 is 0 Å². The van der Waals surface area contributed by atoms with Crippen molar-refractivity contribution < 1.29 is 0 Å². The molecule has 20 heavy (non-hydrogen) atoms. The van der Waals surface area contributed by atoms with Crippen LogP contribution in [0.3, 0.4) is 0 Å². The minimum Gasteiger partial charge on any atom is -0.130 e. The van der Waals surface area contributed by atoms with Crippen LogP contribution in [-0.4, -0.2) is 6.26 Å². The van der Waals surface area contributed by atoms with Gasteiger partial charge in [-0.05, 0) is 62.8 Å². The first-order valence-corrected chi connectivity index (χ1v) is 7.97. The molecule has 4 aromatic rings. The van der Waals surface area contributed by atoms with Crippen molar-refractivity contribution in [2.24, 2.45) is 0 Å². The van der Waals surface area contributed by atoms with Gasteiger partial charge in [-0.2, -0.15) is 0 Å². The van der Waals surface area contributed by atoms with Crippen molar-refractivity contribution in [3.63, 3.8) is 0 Å². The van der Waals surface area contributed by atoms with E-state index in [9.17, 15) is 0 Å². The van der Waals surface area contributed by atoms with Crippen molar-refractivity contribution >= 4 is 44.1 Å². The Balaban J connectivity index is 2.16. The normalized spacial score (nSPS) is 11.4. The highest BCUT2D eigenvalue weighted by atomic mass is 32.2. The predicted octanol–water partition coefficient (Wildman–Crippen LogP) is 5.87. The van der Waals surface area contributed by atoms with Gasteiger partial charge in [-0.3, -0.25) is 0 Å². The first kappa shape index (κ1) is 11.8. The lowest BCUT2D eigenvalue weighted by molar-refractivity contribution is 1.52. The fourth-order valence-electron chi connectivity index (χ4n) is 2.86. The molecule has 0 N–H and O–H groups in total. The Hall–Kier alpha value is -1.99. The van der Waals surface area contributed by atoms with Crippen LogP contribution in [0.1, 0.15) is 0 Å². The molecule has 0 nitrogen and oxygen atoms in total. The van der Waals surface area contributed by atoms with E-state index in [1.807, 2.05) is 0 Å². The summed E-state index contributed by atoms with van der Waals surface area (Å²) in [5.74, 6) is 0. The zero-order valence-corrected chi connectivity index (χ0v) is 12.1. The highest BCUT2D eigenvalue weighted by Gasteiger charge is 2.03. The third-order valence-electron chi connectivity index (χ3n) is 3.91. The highest BCUT2D eigenvalue weighted by Crippen LogP contribution is 2.31. The van der Waals surface area contributed by atoms with Crippen LogP contribution in [0.4, 0.5) is 0 Å². The molecule has 0 amide bonds. The zero-order chi connectivity index (χ0) is 13.5. The zero-order valence-electron chi connectivity index (χ0n) is 11.3. The van der Waals surface area contributed by atoms with E-state index in [-0.39, 0.29) is 0 Å². The summed E-state index contributed by atoms with van der Waals surface area (Å²) in [5.41, 5.74) is 0. The van der Waals surface area contributed by atoms with Gasteiger partial charge < -0.3 is 0 Å². The molecule has 0 unspecified atom stereocenters. The molecular formula is C19H14S. The number of thioether (sulfide) groups is 1. The van der Waals surface area contributed by atoms with Gasteiger partial charge in [-0.25, -0.2) is 0 Å². The van der Waals surface area contributed by atoms with E-state index in [1.54, 1.807) is 11.8 Å². The van der Waals surface area contributed by atoms with Gasteiger partial charge in [-0.1, -0.05) is 42.5 Å². The summed E-state index contributed by atoms with van der Waals surface area (Å²) in [6.07, 6.45) is 2.12. The van der Waals surface area contributed by atoms with Crippen LogP contribution in [0.2, 0.25) is 0 Å². The van der Waals surface area contributed by atoms with Gasteiger partial charge in [0.25, 0.3) is 0 Å². The Morgan fingerprint density at radius 1 is 0.600 bits per heavy atom. The van der Waals surface area contributed by atoms with E-state index in [0.29, 0.717) is 0 Å². The predicted molar refractivity (Wildman–Crippen MR) is 90.7 cm³/mol. The van der Waals surface area contributed by atoms with E-state index in [0.717, 1.165) is 0 Å². The van der Waals surface area contributed by atoms with E-state index in [4.69, 9.17) is 0 Å². The molecule has 0 saturated heterocycles. The molecular weight excluding hydrogens is 260 g/mol. The largest absolute Gasteiger partial charge is 0.130 e. The Kier molecular flexibility index (Phi) is 2.68. The Bertz CT molecular complexity index is 938. The van der Waals surface area contributed by atoms with Crippen molar-refractivity contribution in [1.29, 1.82) is 0 Å². The molecule has 4 aromatic carbocycles. The number of hydrogen-bond donors (Lipinski definition) is 0. The van der Waals surface area contributed by atoms with Crippen molar-refractivity contribution in [2.75, 3.05) is 6.26 Å². The number of benzene rings is 4. The molecule has 4 rings (SSSR count). The summed E-state index contributed by atoms with van der Waals surface area (Å²) in [6.45, 7) is 0. The molecule has 0 spiro atoms. The molecule has 96 valence electrons. The van der Waals surface area contributed by atoms with Gasteiger partial charge in [-0.15, -0.1) is 11.8 Å². The Labute approximate surface area is 122 Å². The standard InChI is InChI=1S/C19H14S/c1-20-17-9-8-14-10-15-7-6-13-4-2-3-5-18(13)19(15)12-16(14)11-17/h2-12H,1H3.